The number of aromatic nitrogens is 2. The summed E-state index contributed by atoms with van der Waals surface area (Å²) in [6, 6.07) is 13.6. The van der Waals surface area contributed by atoms with E-state index in [0.717, 1.165) is 11.0 Å². The molecule has 0 aliphatic rings. The van der Waals surface area contributed by atoms with Crippen molar-refractivity contribution in [2.75, 3.05) is 0 Å². The molecule has 100 valence electrons. The van der Waals surface area contributed by atoms with Gasteiger partial charge in [0.25, 0.3) is 5.69 Å². The quantitative estimate of drug-likeness (QED) is 0.389. The van der Waals surface area contributed by atoms with Crippen molar-refractivity contribution in [3.8, 4) is 11.8 Å². The lowest BCUT2D eigenvalue weighted by Crippen LogP contribution is -1.88. The van der Waals surface area contributed by atoms with Crippen molar-refractivity contribution in [3.05, 3.63) is 76.1 Å². The van der Waals surface area contributed by atoms with Crippen LogP contribution in [0.4, 0.5) is 5.69 Å². The number of nitro benzene ring substituents is 1. The molecule has 0 saturated heterocycles. The van der Waals surface area contributed by atoms with Gasteiger partial charge in [-0.2, -0.15) is 0 Å². The molecule has 0 amide bonds. The molecule has 5 nitrogen and oxygen atoms in total. The summed E-state index contributed by atoms with van der Waals surface area (Å²) in [5.74, 6) is 5.82. The zero-order valence-electron chi connectivity index (χ0n) is 10.9. The second kappa shape index (κ2) is 5.39. The Morgan fingerprint density at radius 3 is 2.38 bits per heavy atom. The number of hydrogen-bond donors (Lipinski definition) is 0. The molecule has 0 N–H and O–H groups in total. The van der Waals surface area contributed by atoms with Crippen LogP contribution in [0.3, 0.4) is 0 Å². The van der Waals surface area contributed by atoms with E-state index in [4.69, 9.17) is 0 Å². The van der Waals surface area contributed by atoms with Crippen molar-refractivity contribution >= 4 is 16.7 Å². The molecule has 2 aromatic carbocycles. The topological polar surface area (TPSA) is 68.9 Å². The number of nitro groups is 1. The fraction of sp³-hybridized carbons (Fsp3) is 0. The number of benzene rings is 2. The molecule has 0 aliphatic carbocycles. The van der Waals surface area contributed by atoms with Crippen molar-refractivity contribution in [1.29, 1.82) is 0 Å². The Bertz CT molecular complexity index is 877. The molecule has 0 bridgehead atoms. The molecule has 0 fully saturated rings. The molecule has 1 aromatic heterocycles. The monoisotopic (exact) mass is 275 g/mol. The van der Waals surface area contributed by atoms with E-state index in [1.807, 2.05) is 24.3 Å². The Morgan fingerprint density at radius 2 is 1.67 bits per heavy atom. The van der Waals surface area contributed by atoms with Gasteiger partial charge in [0.1, 0.15) is 5.69 Å². The van der Waals surface area contributed by atoms with Gasteiger partial charge in [0, 0.05) is 17.7 Å². The average molecular weight is 275 g/mol. The number of non-ortho nitro benzene ring substituents is 1. The molecule has 3 rings (SSSR count). The second-order valence-electron chi connectivity index (χ2n) is 4.30. The minimum absolute atomic E-state index is 0.0473. The SMILES string of the molecule is O=[N+]([O-])c1ccc(C#Cc2cnc3ccccc3n2)cc1. The number of rotatable bonds is 1. The predicted molar refractivity (Wildman–Crippen MR) is 78.6 cm³/mol. The highest BCUT2D eigenvalue weighted by Crippen LogP contribution is 2.11. The van der Waals surface area contributed by atoms with Crippen LogP contribution in [0.2, 0.25) is 0 Å². The Kier molecular flexibility index (Phi) is 3.27. The Balaban J connectivity index is 1.89. The van der Waals surface area contributed by atoms with Crippen molar-refractivity contribution in [3.63, 3.8) is 0 Å². The highest BCUT2D eigenvalue weighted by molar-refractivity contribution is 5.74. The minimum Gasteiger partial charge on any atom is -0.258 e. The Morgan fingerprint density at radius 1 is 0.952 bits per heavy atom. The van der Waals surface area contributed by atoms with Crippen LogP contribution in [-0.4, -0.2) is 14.9 Å². The number of fused-ring (bicyclic) bond motifs is 1. The van der Waals surface area contributed by atoms with Gasteiger partial charge in [-0.3, -0.25) is 15.1 Å². The van der Waals surface area contributed by atoms with Crippen LogP contribution in [-0.2, 0) is 0 Å². The van der Waals surface area contributed by atoms with Gasteiger partial charge in [-0.1, -0.05) is 18.1 Å². The summed E-state index contributed by atoms with van der Waals surface area (Å²) in [6.07, 6.45) is 1.61. The van der Waals surface area contributed by atoms with Gasteiger partial charge in [0.2, 0.25) is 0 Å². The maximum absolute atomic E-state index is 10.6. The zero-order valence-corrected chi connectivity index (χ0v) is 10.9. The van der Waals surface area contributed by atoms with E-state index in [0.29, 0.717) is 11.3 Å². The Hall–Kier alpha value is -3.26. The van der Waals surface area contributed by atoms with Crippen LogP contribution < -0.4 is 0 Å². The van der Waals surface area contributed by atoms with Crippen molar-refractivity contribution in [2.24, 2.45) is 0 Å². The van der Waals surface area contributed by atoms with Crippen LogP contribution >= 0.6 is 0 Å². The standard InChI is InChI=1S/C16H9N3O2/c20-19(21)14-9-6-12(7-10-14)5-8-13-11-17-15-3-1-2-4-16(15)18-13/h1-4,6-7,9-11H. The summed E-state index contributed by atoms with van der Waals surface area (Å²) in [4.78, 5) is 18.8. The molecule has 0 spiro atoms. The third-order valence-electron chi connectivity index (χ3n) is 2.86. The van der Waals surface area contributed by atoms with Gasteiger partial charge >= 0.3 is 0 Å². The predicted octanol–water partition coefficient (Wildman–Crippen LogP) is 2.94. The number of para-hydroxylation sites is 2. The summed E-state index contributed by atoms with van der Waals surface area (Å²) < 4.78 is 0. The van der Waals surface area contributed by atoms with Crippen molar-refractivity contribution < 1.29 is 4.92 Å². The van der Waals surface area contributed by atoms with Gasteiger partial charge < -0.3 is 0 Å². The van der Waals surface area contributed by atoms with Crippen LogP contribution in [0.1, 0.15) is 11.3 Å². The third kappa shape index (κ3) is 2.85. The second-order valence-corrected chi connectivity index (χ2v) is 4.30. The molecule has 0 saturated carbocycles. The smallest absolute Gasteiger partial charge is 0.258 e. The molecule has 21 heavy (non-hydrogen) atoms. The first-order valence-electron chi connectivity index (χ1n) is 6.21. The van der Waals surface area contributed by atoms with E-state index >= 15 is 0 Å². The van der Waals surface area contributed by atoms with E-state index in [-0.39, 0.29) is 5.69 Å². The van der Waals surface area contributed by atoms with Gasteiger partial charge in [0.05, 0.1) is 22.2 Å². The van der Waals surface area contributed by atoms with Crippen LogP contribution in [0.25, 0.3) is 11.0 Å². The van der Waals surface area contributed by atoms with Gasteiger partial charge in [-0.15, -0.1) is 0 Å². The van der Waals surface area contributed by atoms with E-state index in [1.165, 1.54) is 12.1 Å². The summed E-state index contributed by atoms with van der Waals surface area (Å²) in [5, 5.41) is 10.6. The summed E-state index contributed by atoms with van der Waals surface area (Å²) in [7, 11) is 0. The van der Waals surface area contributed by atoms with Crippen molar-refractivity contribution in [2.45, 2.75) is 0 Å². The molecule has 1 heterocycles. The maximum Gasteiger partial charge on any atom is 0.269 e. The van der Waals surface area contributed by atoms with Gasteiger partial charge in [0.15, 0.2) is 0 Å². The molecular formula is C16H9N3O2. The fourth-order valence-corrected chi connectivity index (χ4v) is 1.82. The Labute approximate surface area is 120 Å². The van der Waals surface area contributed by atoms with Crippen LogP contribution in [0.15, 0.2) is 54.7 Å². The van der Waals surface area contributed by atoms with E-state index in [1.54, 1.807) is 18.3 Å². The molecule has 0 aliphatic heterocycles. The molecule has 5 heteroatoms. The lowest BCUT2D eigenvalue weighted by Gasteiger charge is -1.95. The first-order chi connectivity index (χ1) is 10.2. The lowest BCUT2D eigenvalue weighted by atomic mass is 10.2. The largest absolute Gasteiger partial charge is 0.269 e. The van der Waals surface area contributed by atoms with Crippen LogP contribution in [0.5, 0.6) is 0 Å². The fourth-order valence-electron chi connectivity index (χ4n) is 1.82. The van der Waals surface area contributed by atoms with Crippen molar-refractivity contribution in [1.82, 2.24) is 9.97 Å². The number of nitrogens with zero attached hydrogens (tertiary/aromatic N) is 3. The molecule has 0 unspecified atom stereocenters. The van der Waals surface area contributed by atoms with E-state index in [9.17, 15) is 10.1 Å². The molecule has 3 aromatic rings. The van der Waals surface area contributed by atoms with Crippen LogP contribution in [0, 0.1) is 22.0 Å². The number of hydrogen-bond acceptors (Lipinski definition) is 4. The first-order valence-corrected chi connectivity index (χ1v) is 6.21. The summed E-state index contributed by atoms with van der Waals surface area (Å²) in [5.41, 5.74) is 2.90. The van der Waals surface area contributed by atoms with E-state index in [2.05, 4.69) is 21.8 Å². The molecule has 0 atom stereocenters. The zero-order chi connectivity index (χ0) is 14.7. The highest BCUT2D eigenvalue weighted by atomic mass is 16.6. The third-order valence-corrected chi connectivity index (χ3v) is 2.86. The van der Waals surface area contributed by atoms with E-state index < -0.39 is 4.92 Å². The average Bonchev–Trinajstić information content (AvgIpc) is 2.53. The highest BCUT2D eigenvalue weighted by Gasteiger charge is 2.02. The molecular weight excluding hydrogens is 266 g/mol. The van der Waals surface area contributed by atoms with Gasteiger partial charge in [-0.05, 0) is 30.2 Å². The first kappa shape index (κ1) is 12.8. The normalized spacial score (nSPS) is 9.90. The molecule has 0 radical (unpaired) electrons. The minimum atomic E-state index is -0.438. The maximum atomic E-state index is 10.6. The van der Waals surface area contributed by atoms with Gasteiger partial charge in [-0.25, -0.2) is 4.98 Å². The summed E-state index contributed by atoms with van der Waals surface area (Å²) >= 11 is 0. The lowest BCUT2D eigenvalue weighted by molar-refractivity contribution is -0.384. The summed E-state index contributed by atoms with van der Waals surface area (Å²) in [6.45, 7) is 0.